The molecule has 0 bridgehead atoms. The lowest BCUT2D eigenvalue weighted by atomic mass is 9.86. The molecule has 0 fully saturated rings. The van der Waals surface area contributed by atoms with Crippen molar-refractivity contribution >= 4 is 5.97 Å². The van der Waals surface area contributed by atoms with Gasteiger partial charge >= 0.3 is 5.97 Å². The smallest absolute Gasteiger partial charge is 0.310 e. The van der Waals surface area contributed by atoms with Crippen LogP contribution in [0.5, 0.6) is 0 Å². The van der Waals surface area contributed by atoms with Gasteiger partial charge in [0, 0.05) is 12.8 Å². The van der Waals surface area contributed by atoms with E-state index in [0.29, 0.717) is 18.6 Å². The van der Waals surface area contributed by atoms with E-state index in [1.807, 2.05) is 27.7 Å². The van der Waals surface area contributed by atoms with E-state index in [0.717, 1.165) is 17.9 Å². The normalized spacial score (nSPS) is 19.5. The van der Waals surface area contributed by atoms with Gasteiger partial charge in [0.15, 0.2) is 0 Å². The number of carbonyl (C=O) groups is 1. The fourth-order valence-corrected chi connectivity index (χ4v) is 3.62. The van der Waals surface area contributed by atoms with Gasteiger partial charge in [-0.2, -0.15) is 0 Å². The number of hydroxylamine groups is 2. The number of nitrogens with zero attached hydrogens (tertiary/aromatic N) is 1. The van der Waals surface area contributed by atoms with Gasteiger partial charge in [-0.05, 0) is 40.2 Å². The number of rotatable bonds is 11. The van der Waals surface area contributed by atoms with E-state index in [1.165, 1.54) is 44.9 Å². The fourth-order valence-electron chi connectivity index (χ4n) is 3.62. The van der Waals surface area contributed by atoms with E-state index in [-0.39, 0.29) is 5.97 Å². The van der Waals surface area contributed by atoms with Gasteiger partial charge in [0.2, 0.25) is 0 Å². The Kier molecular flexibility index (Phi) is 9.15. The molecule has 0 atom stereocenters. The Morgan fingerprint density at radius 3 is 2.04 bits per heavy atom. The van der Waals surface area contributed by atoms with Crippen LogP contribution in [0.4, 0.5) is 0 Å². The predicted octanol–water partition coefficient (Wildman–Crippen LogP) is 5.94. The fraction of sp³-hybridized carbons (Fsp3) is 0.857. The number of esters is 1. The molecule has 0 saturated heterocycles. The van der Waals surface area contributed by atoms with Crippen LogP contribution in [0.3, 0.4) is 0 Å². The average Bonchev–Trinajstić information content (AvgIpc) is 2.50. The van der Waals surface area contributed by atoms with E-state index in [9.17, 15) is 10.0 Å². The van der Waals surface area contributed by atoms with Crippen molar-refractivity contribution in [1.29, 1.82) is 0 Å². The molecule has 0 aliphatic carbocycles. The van der Waals surface area contributed by atoms with Gasteiger partial charge in [0.1, 0.15) is 5.76 Å². The summed E-state index contributed by atoms with van der Waals surface area (Å²) in [6, 6.07) is 0. The molecule has 0 N–H and O–H groups in total. The lowest BCUT2D eigenvalue weighted by molar-refractivity contribution is -0.265. The van der Waals surface area contributed by atoms with Gasteiger partial charge in [0.05, 0.1) is 11.1 Å². The van der Waals surface area contributed by atoms with Crippen molar-refractivity contribution in [2.75, 3.05) is 0 Å². The molecule has 145 valence electrons. The van der Waals surface area contributed by atoms with Crippen molar-refractivity contribution in [2.24, 2.45) is 0 Å². The van der Waals surface area contributed by atoms with Crippen LogP contribution in [0.2, 0.25) is 0 Å². The van der Waals surface area contributed by atoms with Gasteiger partial charge in [-0.1, -0.05) is 58.3 Å². The highest BCUT2D eigenvalue weighted by Gasteiger charge is 2.43. The van der Waals surface area contributed by atoms with Crippen LogP contribution in [0.15, 0.2) is 11.8 Å². The Morgan fingerprint density at radius 2 is 1.52 bits per heavy atom. The summed E-state index contributed by atoms with van der Waals surface area (Å²) in [6.07, 6.45) is 13.8. The van der Waals surface area contributed by atoms with Crippen LogP contribution in [0, 0.1) is 0 Å². The molecule has 0 aromatic heterocycles. The highest BCUT2D eigenvalue weighted by atomic mass is 16.5. The second-order valence-electron chi connectivity index (χ2n) is 8.60. The van der Waals surface area contributed by atoms with Crippen molar-refractivity contribution < 1.29 is 14.7 Å². The first-order valence-corrected chi connectivity index (χ1v) is 10.1. The molecule has 1 rings (SSSR count). The SMILES string of the molecule is CCCCCCCCCCCC(=O)OC1=CC(C)(C)N([O])C(C)(C)C1. The maximum absolute atomic E-state index is 12.3. The minimum Gasteiger partial charge on any atom is -0.431 e. The van der Waals surface area contributed by atoms with Crippen molar-refractivity contribution in [2.45, 2.75) is 116 Å². The molecular weight excluding hydrogens is 314 g/mol. The third kappa shape index (κ3) is 7.91. The van der Waals surface area contributed by atoms with Crippen LogP contribution in [-0.2, 0) is 14.7 Å². The Hall–Kier alpha value is -0.870. The molecule has 1 heterocycles. The molecule has 25 heavy (non-hydrogen) atoms. The Labute approximate surface area is 154 Å². The first-order valence-electron chi connectivity index (χ1n) is 10.1. The molecule has 1 radical (unpaired) electrons. The van der Waals surface area contributed by atoms with Crippen LogP contribution in [-0.4, -0.2) is 22.1 Å². The number of carbonyl (C=O) groups excluding carboxylic acids is 1. The number of ether oxygens (including phenoxy) is 1. The largest absolute Gasteiger partial charge is 0.431 e. The maximum Gasteiger partial charge on any atom is 0.310 e. The molecule has 4 nitrogen and oxygen atoms in total. The van der Waals surface area contributed by atoms with Crippen molar-refractivity contribution in [3.8, 4) is 0 Å². The van der Waals surface area contributed by atoms with Gasteiger partial charge in [0.25, 0.3) is 0 Å². The molecular formula is C21H38NO3. The second-order valence-corrected chi connectivity index (χ2v) is 8.60. The zero-order chi connectivity index (χ0) is 18.9. The first-order chi connectivity index (χ1) is 11.7. The molecule has 0 unspecified atom stereocenters. The van der Waals surface area contributed by atoms with Gasteiger partial charge in [-0.3, -0.25) is 4.79 Å². The maximum atomic E-state index is 12.3. The number of hydrogen-bond acceptors (Lipinski definition) is 3. The van der Waals surface area contributed by atoms with E-state index < -0.39 is 11.1 Å². The number of unbranched alkanes of at least 4 members (excludes halogenated alkanes) is 8. The molecule has 0 aromatic rings. The van der Waals surface area contributed by atoms with E-state index in [1.54, 1.807) is 6.08 Å². The van der Waals surface area contributed by atoms with Crippen LogP contribution in [0.1, 0.15) is 105 Å². The summed E-state index contributed by atoms with van der Waals surface area (Å²) in [6.45, 7) is 9.73. The van der Waals surface area contributed by atoms with Crippen molar-refractivity contribution in [3.05, 3.63) is 11.8 Å². The highest BCUT2D eigenvalue weighted by Crippen LogP contribution is 2.36. The molecule has 4 heteroatoms. The van der Waals surface area contributed by atoms with E-state index in [4.69, 9.17) is 4.74 Å². The van der Waals surface area contributed by atoms with Crippen LogP contribution < -0.4 is 0 Å². The average molecular weight is 353 g/mol. The Balaban J connectivity index is 2.22. The molecule has 0 saturated carbocycles. The summed E-state index contributed by atoms with van der Waals surface area (Å²) in [7, 11) is 0. The van der Waals surface area contributed by atoms with Gasteiger partial charge in [-0.15, -0.1) is 10.3 Å². The molecule has 0 spiro atoms. The standard InChI is InChI=1S/C21H38NO3/c1-6-7-8-9-10-11-12-13-14-15-19(23)25-18-16-20(2,3)22(24)21(4,5)17-18/h16H,6-15,17H2,1-5H3. The summed E-state index contributed by atoms with van der Waals surface area (Å²) in [5.74, 6) is 0.475. The van der Waals surface area contributed by atoms with Crippen LogP contribution in [0.25, 0.3) is 0 Å². The zero-order valence-corrected chi connectivity index (χ0v) is 17.0. The Bertz CT molecular complexity index is 440. The number of hydrogen-bond donors (Lipinski definition) is 0. The third-order valence-corrected chi connectivity index (χ3v) is 4.92. The lowest BCUT2D eigenvalue weighted by Gasteiger charge is -2.44. The monoisotopic (exact) mass is 352 g/mol. The minimum absolute atomic E-state index is 0.167. The topological polar surface area (TPSA) is 49.4 Å². The summed E-state index contributed by atoms with van der Waals surface area (Å²) >= 11 is 0. The summed E-state index contributed by atoms with van der Waals surface area (Å²) in [5.41, 5.74) is -1.19. The summed E-state index contributed by atoms with van der Waals surface area (Å²) in [5, 5.41) is 13.4. The quantitative estimate of drug-likeness (QED) is 0.341. The molecule has 0 aromatic carbocycles. The molecule has 1 aliphatic heterocycles. The van der Waals surface area contributed by atoms with E-state index >= 15 is 0 Å². The van der Waals surface area contributed by atoms with Crippen LogP contribution >= 0.6 is 0 Å². The van der Waals surface area contributed by atoms with Gasteiger partial charge in [-0.25, -0.2) is 0 Å². The predicted molar refractivity (Wildman–Crippen MR) is 101 cm³/mol. The third-order valence-electron chi connectivity index (χ3n) is 4.92. The zero-order valence-electron chi connectivity index (χ0n) is 17.0. The summed E-state index contributed by atoms with van der Waals surface area (Å²) < 4.78 is 5.54. The Morgan fingerprint density at radius 1 is 1.00 bits per heavy atom. The second kappa shape index (κ2) is 10.3. The molecule has 0 amide bonds. The highest BCUT2D eigenvalue weighted by molar-refractivity contribution is 5.70. The van der Waals surface area contributed by atoms with Gasteiger partial charge < -0.3 is 4.74 Å². The van der Waals surface area contributed by atoms with Crippen molar-refractivity contribution in [3.63, 3.8) is 0 Å². The van der Waals surface area contributed by atoms with E-state index in [2.05, 4.69) is 6.92 Å². The van der Waals surface area contributed by atoms with Crippen molar-refractivity contribution in [1.82, 2.24) is 5.06 Å². The lowest BCUT2D eigenvalue weighted by Crippen LogP contribution is -2.54. The first kappa shape index (κ1) is 22.2. The molecule has 1 aliphatic rings. The minimum atomic E-state index is -0.644. The summed E-state index contributed by atoms with van der Waals surface area (Å²) in [4.78, 5) is 12.1.